The molecule has 0 atom stereocenters. The van der Waals surface area contributed by atoms with E-state index >= 15 is 0 Å². The van der Waals surface area contributed by atoms with Crippen LogP contribution >= 0.6 is 0 Å². The number of likely N-dealkylation sites (N-methyl/N-ethyl adjacent to an activating group) is 1. The second kappa shape index (κ2) is 7.34. The lowest BCUT2D eigenvalue weighted by Crippen LogP contribution is -2.37. The normalized spacial score (nSPS) is 12.0. The summed E-state index contributed by atoms with van der Waals surface area (Å²) in [7, 11) is 0. The lowest BCUT2D eigenvalue weighted by atomic mass is 10.1. The van der Waals surface area contributed by atoms with E-state index in [1.807, 2.05) is 0 Å². The Balaban J connectivity index is 3.39. The highest BCUT2D eigenvalue weighted by molar-refractivity contribution is 4.71. The van der Waals surface area contributed by atoms with Crippen LogP contribution in [0.5, 0.6) is 0 Å². The van der Waals surface area contributed by atoms with E-state index in [2.05, 4.69) is 33.0 Å². The molecule has 2 nitrogen and oxygen atoms in total. The first kappa shape index (κ1) is 12.9. The number of nitrogens with one attached hydrogen (secondary N) is 1. The van der Waals surface area contributed by atoms with Crippen LogP contribution in [-0.2, 0) is 4.74 Å². The van der Waals surface area contributed by atoms with Crippen LogP contribution in [0.1, 0.15) is 47.0 Å². The average molecular weight is 187 g/mol. The van der Waals surface area contributed by atoms with Crippen LogP contribution < -0.4 is 5.32 Å². The Morgan fingerprint density at radius 3 is 2.38 bits per heavy atom. The van der Waals surface area contributed by atoms with Crippen molar-refractivity contribution in [3.8, 4) is 0 Å². The largest absolute Gasteiger partial charge is 0.374 e. The van der Waals surface area contributed by atoms with Gasteiger partial charge in [-0.25, -0.2) is 0 Å². The standard InChI is InChI=1S/C11H25NO/c1-5-7-8-9-13-11(3,4)10-12-6-2/h12H,5-10H2,1-4H3. The molecular weight excluding hydrogens is 162 g/mol. The lowest BCUT2D eigenvalue weighted by Gasteiger charge is -2.25. The highest BCUT2D eigenvalue weighted by atomic mass is 16.5. The van der Waals surface area contributed by atoms with Gasteiger partial charge >= 0.3 is 0 Å². The summed E-state index contributed by atoms with van der Waals surface area (Å²) in [6.45, 7) is 11.5. The monoisotopic (exact) mass is 187 g/mol. The molecule has 0 unspecified atom stereocenters. The Morgan fingerprint density at radius 2 is 1.85 bits per heavy atom. The van der Waals surface area contributed by atoms with E-state index in [4.69, 9.17) is 4.74 Å². The van der Waals surface area contributed by atoms with E-state index in [9.17, 15) is 0 Å². The van der Waals surface area contributed by atoms with Crippen molar-refractivity contribution < 1.29 is 4.74 Å². The summed E-state index contributed by atoms with van der Waals surface area (Å²) < 4.78 is 5.77. The molecule has 2 heteroatoms. The van der Waals surface area contributed by atoms with Gasteiger partial charge in [0.05, 0.1) is 5.60 Å². The van der Waals surface area contributed by atoms with E-state index in [-0.39, 0.29) is 5.60 Å². The molecule has 80 valence electrons. The van der Waals surface area contributed by atoms with Gasteiger partial charge in [0.25, 0.3) is 0 Å². The van der Waals surface area contributed by atoms with Crippen molar-refractivity contribution in [3.63, 3.8) is 0 Å². The van der Waals surface area contributed by atoms with Crippen molar-refractivity contribution in [2.24, 2.45) is 0 Å². The molecular formula is C11H25NO. The zero-order chi connectivity index (χ0) is 10.2. The van der Waals surface area contributed by atoms with Gasteiger partial charge in [0.2, 0.25) is 0 Å². The number of unbranched alkanes of at least 4 members (excludes halogenated alkanes) is 2. The molecule has 0 rings (SSSR count). The van der Waals surface area contributed by atoms with Crippen LogP contribution in [0.25, 0.3) is 0 Å². The third kappa shape index (κ3) is 8.26. The minimum atomic E-state index is -0.0102. The molecule has 0 aliphatic heterocycles. The topological polar surface area (TPSA) is 21.3 Å². The van der Waals surface area contributed by atoms with Crippen molar-refractivity contribution in [1.82, 2.24) is 5.32 Å². The summed E-state index contributed by atoms with van der Waals surface area (Å²) in [5.74, 6) is 0. The zero-order valence-electron chi connectivity index (χ0n) is 9.65. The Morgan fingerprint density at radius 1 is 1.15 bits per heavy atom. The predicted octanol–water partition coefficient (Wildman–Crippen LogP) is 2.58. The van der Waals surface area contributed by atoms with Gasteiger partial charge in [-0.3, -0.25) is 0 Å². The zero-order valence-corrected chi connectivity index (χ0v) is 9.65. The van der Waals surface area contributed by atoms with Gasteiger partial charge in [0, 0.05) is 13.2 Å². The Bertz CT molecular complexity index is 113. The molecule has 0 aliphatic carbocycles. The van der Waals surface area contributed by atoms with Gasteiger partial charge in [0.15, 0.2) is 0 Å². The molecule has 13 heavy (non-hydrogen) atoms. The summed E-state index contributed by atoms with van der Waals surface area (Å²) in [4.78, 5) is 0. The molecule has 0 bridgehead atoms. The summed E-state index contributed by atoms with van der Waals surface area (Å²) in [5.41, 5.74) is -0.0102. The van der Waals surface area contributed by atoms with Crippen LogP contribution in [0.4, 0.5) is 0 Å². The molecule has 0 aromatic heterocycles. The fourth-order valence-corrected chi connectivity index (χ4v) is 1.18. The van der Waals surface area contributed by atoms with E-state index < -0.39 is 0 Å². The maximum Gasteiger partial charge on any atom is 0.0750 e. The average Bonchev–Trinajstić information content (AvgIpc) is 2.09. The number of rotatable bonds is 8. The third-order valence-corrected chi connectivity index (χ3v) is 2.04. The summed E-state index contributed by atoms with van der Waals surface area (Å²) in [6, 6.07) is 0. The molecule has 0 aromatic rings. The summed E-state index contributed by atoms with van der Waals surface area (Å²) >= 11 is 0. The first-order valence-electron chi connectivity index (χ1n) is 5.47. The molecule has 0 aliphatic rings. The molecule has 0 saturated carbocycles. The van der Waals surface area contributed by atoms with Crippen molar-refractivity contribution in [2.45, 2.75) is 52.6 Å². The van der Waals surface area contributed by atoms with Crippen LogP contribution in [0.2, 0.25) is 0 Å². The Labute approximate surface area is 83.1 Å². The minimum Gasteiger partial charge on any atom is -0.374 e. The third-order valence-electron chi connectivity index (χ3n) is 2.04. The molecule has 0 spiro atoms. The molecule has 0 amide bonds. The van der Waals surface area contributed by atoms with E-state index in [1.54, 1.807) is 0 Å². The second-order valence-corrected chi connectivity index (χ2v) is 4.10. The van der Waals surface area contributed by atoms with Crippen molar-refractivity contribution in [2.75, 3.05) is 19.7 Å². The Hall–Kier alpha value is -0.0800. The van der Waals surface area contributed by atoms with Crippen molar-refractivity contribution in [1.29, 1.82) is 0 Å². The smallest absolute Gasteiger partial charge is 0.0750 e. The molecule has 0 fully saturated rings. The maximum atomic E-state index is 5.77. The first-order valence-corrected chi connectivity index (χ1v) is 5.47. The van der Waals surface area contributed by atoms with Gasteiger partial charge in [-0.15, -0.1) is 0 Å². The quantitative estimate of drug-likeness (QED) is 0.590. The second-order valence-electron chi connectivity index (χ2n) is 4.10. The van der Waals surface area contributed by atoms with Crippen molar-refractivity contribution in [3.05, 3.63) is 0 Å². The Kier molecular flexibility index (Phi) is 7.29. The SMILES string of the molecule is CCCCCOC(C)(C)CNCC. The van der Waals surface area contributed by atoms with Gasteiger partial charge in [-0.05, 0) is 26.8 Å². The van der Waals surface area contributed by atoms with E-state index in [1.165, 1.54) is 19.3 Å². The molecule has 0 aromatic carbocycles. The molecule has 0 heterocycles. The van der Waals surface area contributed by atoms with Crippen molar-refractivity contribution >= 4 is 0 Å². The minimum absolute atomic E-state index is 0.0102. The summed E-state index contributed by atoms with van der Waals surface area (Å²) in [5, 5.41) is 3.30. The van der Waals surface area contributed by atoms with Gasteiger partial charge in [0.1, 0.15) is 0 Å². The van der Waals surface area contributed by atoms with E-state index in [0.29, 0.717) is 0 Å². The van der Waals surface area contributed by atoms with Crippen LogP contribution in [0, 0.1) is 0 Å². The van der Waals surface area contributed by atoms with Crippen LogP contribution in [0.15, 0.2) is 0 Å². The lowest BCUT2D eigenvalue weighted by molar-refractivity contribution is -0.0175. The van der Waals surface area contributed by atoms with Gasteiger partial charge in [-0.1, -0.05) is 26.7 Å². The highest BCUT2D eigenvalue weighted by Gasteiger charge is 2.16. The molecule has 1 N–H and O–H groups in total. The first-order chi connectivity index (χ1) is 6.12. The number of hydrogen-bond acceptors (Lipinski definition) is 2. The number of hydrogen-bond donors (Lipinski definition) is 1. The highest BCUT2D eigenvalue weighted by Crippen LogP contribution is 2.08. The fraction of sp³-hybridized carbons (Fsp3) is 1.00. The van der Waals surface area contributed by atoms with Gasteiger partial charge in [-0.2, -0.15) is 0 Å². The number of ether oxygens (including phenoxy) is 1. The molecule has 0 radical (unpaired) electrons. The molecule has 0 saturated heterocycles. The summed E-state index contributed by atoms with van der Waals surface area (Å²) in [6.07, 6.45) is 3.72. The van der Waals surface area contributed by atoms with Crippen LogP contribution in [-0.4, -0.2) is 25.3 Å². The predicted molar refractivity (Wildman–Crippen MR) is 58.1 cm³/mol. The van der Waals surface area contributed by atoms with Gasteiger partial charge < -0.3 is 10.1 Å². The van der Waals surface area contributed by atoms with E-state index in [0.717, 1.165) is 19.7 Å². The fourth-order valence-electron chi connectivity index (χ4n) is 1.18. The van der Waals surface area contributed by atoms with Crippen LogP contribution in [0.3, 0.4) is 0 Å². The maximum absolute atomic E-state index is 5.77.